The third kappa shape index (κ3) is 5.11. The molecule has 0 aliphatic carbocycles. The molecule has 0 saturated carbocycles. The van der Waals surface area contributed by atoms with E-state index in [-0.39, 0.29) is 0 Å². The van der Waals surface area contributed by atoms with Crippen molar-refractivity contribution in [1.29, 1.82) is 0 Å². The zero-order chi connectivity index (χ0) is 13.4. The zero-order valence-corrected chi connectivity index (χ0v) is 12.9. The van der Waals surface area contributed by atoms with E-state index in [0.29, 0.717) is 5.41 Å². The predicted octanol–water partition coefficient (Wildman–Crippen LogP) is 2.80. The van der Waals surface area contributed by atoms with E-state index in [4.69, 9.17) is 17.0 Å². The van der Waals surface area contributed by atoms with Gasteiger partial charge in [0.1, 0.15) is 0 Å². The molecule has 0 bridgehead atoms. The first-order valence-corrected chi connectivity index (χ1v) is 7.62. The minimum absolute atomic E-state index is 0.529. The fourth-order valence-electron chi connectivity index (χ4n) is 2.23. The first kappa shape index (κ1) is 15.7. The monoisotopic (exact) mass is 272 g/mol. The molecule has 0 unspecified atom stereocenters. The number of hydrogen-bond acceptors (Lipinski definition) is 2. The van der Waals surface area contributed by atoms with Crippen molar-refractivity contribution in [2.45, 2.75) is 46.5 Å². The van der Waals surface area contributed by atoms with Crippen molar-refractivity contribution >= 4 is 17.3 Å². The number of nitrogens with zero attached hydrogens (tertiary/aromatic N) is 1. The van der Waals surface area contributed by atoms with Crippen LogP contribution in [0.5, 0.6) is 0 Å². The highest BCUT2D eigenvalue weighted by molar-refractivity contribution is 7.80. The number of thiocarbonyl (C=S) groups is 1. The predicted molar refractivity (Wildman–Crippen MR) is 80.9 cm³/mol. The highest BCUT2D eigenvalue weighted by Gasteiger charge is 2.28. The van der Waals surface area contributed by atoms with Crippen LogP contribution >= 0.6 is 12.2 Å². The number of ether oxygens (including phenoxy) is 1. The lowest BCUT2D eigenvalue weighted by Crippen LogP contribution is -2.46. The molecule has 1 rings (SSSR count). The smallest absolute Gasteiger partial charge is 0.168 e. The number of likely N-dealkylation sites (tertiary alicyclic amines) is 1. The summed E-state index contributed by atoms with van der Waals surface area (Å²) in [6, 6.07) is 0. The fourth-order valence-corrected chi connectivity index (χ4v) is 2.51. The SMILES string of the molecule is CCOCCCNC(=S)N1CCC(C)(CC)CC1. The zero-order valence-electron chi connectivity index (χ0n) is 12.1. The summed E-state index contributed by atoms with van der Waals surface area (Å²) in [6.07, 6.45) is 4.80. The maximum absolute atomic E-state index is 5.44. The maximum Gasteiger partial charge on any atom is 0.168 e. The van der Waals surface area contributed by atoms with E-state index >= 15 is 0 Å². The summed E-state index contributed by atoms with van der Waals surface area (Å²) in [5.74, 6) is 0. The quantitative estimate of drug-likeness (QED) is 0.593. The Labute approximate surface area is 117 Å². The van der Waals surface area contributed by atoms with Gasteiger partial charge in [0.2, 0.25) is 0 Å². The van der Waals surface area contributed by atoms with Gasteiger partial charge in [-0.1, -0.05) is 20.3 Å². The van der Waals surface area contributed by atoms with Crippen LogP contribution in [0.1, 0.15) is 46.5 Å². The molecule has 106 valence electrons. The van der Waals surface area contributed by atoms with E-state index in [1.54, 1.807) is 0 Å². The molecule has 1 saturated heterocycles. The minimum Gasteiger partial charge on any atom is -0.382 e. The molecule has 4 heteroatoms. The lowest BCUT2D eigenvalue weighted by molar-refractivity contribution is 0.144. The molecule has 1 N–H and O–H groups in total. The Hall–Kier alpha value is -0.350. The van der Waals surface area contributed by atoms with Crippen LogP contribution in [0, 0.1) is 5.41 Å². The van der Waals surface area contributed by atoms with Gasteiger partial charge in [-0.2, -0.15) is 0 Å². The van der Waals surface area contributed by atoms with Crippen molar-refractivity contribution in [3.8, 4) is 0 Å². The van der Waals surface area contributed by atoms with Crippen LogP contribution in [0.3, 0.4) is 0 Å². The van der Waals surface area contributed by atoms with Gasteiger partial charge in [-0.15, -0.1) is 0 Å². The van der Waals surface area contributed by atoms with Crippen molar-refractivity contribution in [1.82, 2.24) is 10.2 Å². The van der Waals surface area contributed by atoms with Crippen molar-refractivity contribution in [3.05, 3.63) is 0 Å². The van der Waals surface area contributed by atoms with Gasteiger partial charge >= 0.3 is 0 Å². The second kappa shape index (κ2) is 7.95. The summed E-state index contributed by atoms with van der Waals surface area (Å²) in [5, 5.41) is 4.25. The highest BCUT2D eigenvalue weighted by atomic mass is 32.1. The first-order valence-electron chi connectivity index (χ1n) is 7.22. The molecule has 1 heterocycles. The number of rotatable bonds is 6. The Balaban J connectivity index is 2.16. The van der Waals surface area contributed by atoms with Crippen molar-refractivity contribution < 1.29 is 4.74 Å². The van der Waals surface area contributed by atoms with Gasteiger partial charge in [-0.3, -0.25) is 0 Å². The summed E-state index contributed by atoms with van der Waals surface area (Å²) < 4.78 is 5.31. The Morgan fingerprint density at radius 2 is 2.00 bits per heavy atom. The summed E-state index contributed by atoms with van der Waals surface area (Å²) in [7, 11) is 0. The van der Waals surface area contributed by atoms with Gasteiger partial charge in [-0.05, 0) is 43.8 Å². The third-order valence-electron chi connectivity index (χ3n) is 4.06. The Morgan fingerprint density at radius 3 is 2.56 bits per heavy atom. The highest BCUT2D eigenvalue weighted by Crippen LogP contribution is 2.33. The normalized spacial score (nSPS) is 18.7. The third-order valence-corrected chi connectivity index (χ3v) is 4.46. The van der Waals surface area contributed by atoms with E-state index in [1.807, 2.05) is 6.92 Å². The Bertz CT molecular complexity index is 250. The van der Waals surface area contributed by atoms with Crippen molar-refractivity contribution in [3.63, 3.8) is 0 Å². The number of nitrogens with one attached hydrogen (secondary N) is 1. The standard InChI is InChI=1S/C14H28N2OS/c1-4-14(3)7-10-16(11-8-14)13(18)15-9-6-12-17-5-2/h4-12H2,1-3H3,(H,15,18). The van der Waals surface area contributed by atoms with Crippen LogP contribution in [0.25, 0.3) is 0 Å². The van der Waals surface area contributed by atoms with E-state index < -0.39 is 0 Å². The van der Waals surface area contributed by atoms with E-state index in [9.17, 15) is 0 Å². The molecular formula is C14H28N2OS. The van der Waals surface area contributed by atoms with E-state index in [0.717, 1.165) is 44.4 Å². The Morgan fingerprint density at radius 1 is 1.33 bits per heavy atom. The van der Waals surface area contributed by atoms with Gasteiger partial charge in [-0.25, -0.2) is 0 Å². The first-order chi connectivity index (χ1) is 8.61. The molecule has 1 aliphatic heterocycles. The van der Waals surface area contributed by atoms with Crippen LogP contribution in [0.15, 0.2) is 0 Å². The molecule has 3 nitrogen and oxygen atoms in total. The fraction of sp³-hybridized carbons (Fsp3) is 0.929. The van der Waals surface area contributed by atoms with Gasteiger partial charge in [0.15, 0.2) is 5.11 Å². The van der Waals surface area contributed by atoms with Gasteiger partial charge < -0.3 is 15.0 Å². The largest absolute Gasteiger partial charge is 0.382 e. The van der Waals surface area contributed by atoms with Gasteiger partial charge in [0, 0.05) is 32.8 Å². The average molecular weight is 272 g/mol. The van der Waals surface area contributed by atoms with Gasteiger partial charge in [0.25, 0.3) is 0 Å². The molecule has 0 aromatic heterocycles. The lowest BCUT2D eigenvalue weighted by atomic mass is 9.78. The second-order valence-corrected chi connectivity index (χ2v) is 5.82. The molecule has 0 amide bonds. The molecule has 18 heavy (non-hydrogen) atoms. The summed E-state index contributed by atoms with van der Waals surface area (Å²) in [4.78, 5) is 2.31. The molecule has 0 spiro atoms. The number of hydrogen-bond donors (Lipinski definition) is 1. The molecule has 0 atom stereocenters. The van der Waals surface area contributed by atoms with E-state index in [2.05, 4.69) is 24.1 Å². The average Bonchev–Trinajstić information content (AvgIpc) is 2.39. The lowest BCUT2D eigenvalue weighted by Gasteiger charge is -2.40. The molecule has 0 aromatic carbocycles. The van der Waals surface area contributed by atoms with Crippen molar-refractivity contribution in [2.75, 3.05) is 32.8 Å². The minimum atomic E-state index is 0.529. The summed E-state index contributed by atoms with van der Waals surface area (Å²) in [6.45, 7) is 11.4. The molecule has 0 radical (unpaired) electrons. The van der Waals surface area contributed by atoms with Crippen LogP contribution in [-0.4, -0.2) is 42.9 Å². The second-order valence-electron chi connectivity index (χ2n) is 5.43. The molecule has 1 aliphatic rings. The van der Waals surface area contributed by atoms with Crippen LogP contribution < -0.4 is 5.32 Å². The Kier molecular flexibility index (Phi) is 6.94. The van der Waals surface area contributed by atoms with Gasteiger partial charge in [0.05, 0.1) is 0 Å². The van der Waals surface area contributed by atoms with Crippen LogP contribution in [0.2, 0.25) is 0 Å². The topological polar surface area (TPSA) is 24.5 Å². The summed E-state index contributed by atoms with van der Waals surface area (Å²) >= 11 is 5.44. The van der Waals surface area contributed by atoms with E-state index in [1.165, 1.54) is 19.3 Å². The van der Waals surface area contributed by atoms with Crippen molar-refractivity contribution in [2.24, 2.45) is 5.41 Å². The summed E-state index contributed by atoms with van der Waals surface area (Å²) in [5.41, 5.74) is 0.529. The molecular weight excluding hydrogens is 244 g/mol. The molecule has 1 fully saturated rings. The number of piperidine rings is 1. The van der Waals surface area contributed by atoms with Crippen LogP contribution in [0.4, 0.5) is 0 Å². The maximum atomic E-state index is 5.44. The van der Waals surface area contributed by atoms with Crippen LogP contribution in [-0.2, 0) is 4.74 Å². The molecule has 0 aromatic rings.